The van der Waals surface area contributed by atoms with Gasteiger partial charge in [-0.05, 0) is 35.9 Å². The summed E-state index contributed by atoms with van der Waals surface area (Å²) < 4.78 is 41.9. The molecule has 0 aliphatic carbocycles. The van der Waals surface area contributed by atoms with Crippen molar-refractivity contribution in [2.24, 2.45) is 5.14 Å². The van der Waals surface area contributed by atoms with E-state index in [-0.39, 0.29) is 18.1 Å². The molecule has 9 heteroatoms. The summed E-state index contributed by atoms with van der Waals surface area (Å²) in [6.45, 7) is -0.616. The van der Waals surface area contributed by atoms with Gasteiger partial charge in [-0.3, -0.25) is 0 Å². The number of aromatic amines is 1. The highest BCUT2D eigenvalue weighted by atomic mass is 32.2. The Labute approximate surface area is 153 Å². The molecule has 4 rings (SSSR count). The molecule has 0 bridgehead atoms. The number of aliphatic hydroxyl groups excluding tert-OH is 1. The summed E-state index contributed by atoms with van der Waals surface area (Å²) in [6, 6.07) is 9.90. The summed E-state index contributed by atoms with van der Waals surface area (Å²) >= 11 is 0. The van der Waals surface area contributed by atoms with Crippen molar-refractivity contribution >= 4 is 32.0 Å². The third kappa shape index (κ3) is 3.32. The van der Waals surface area contributed by atoms with E-state index in [4.69, 9.17) is 9.56 Å². The highest BCUT2D eigenvalue weighted by Gasteiger charge is 2.23. The van der Waals surface area contributed by atoms with E-state index in [0.717, 1.165) is 16.5 Å². The number of rotatable bonds is 5. The standard InChI is InChI=1S/C18H16FN3O4S/c19-11-2-3-13-14(8-21-16(13)6-11)10-1-4-15-17(5-10)26-18(22-15)7-12(9-23)27(20,24)25/h1-6,8,12,21,23H,7,9H2,(H2,20,24,25). The summed E-state index contributed by atoms with van der Waals surface area (Å²) in [5.74, 6) is -0.143. The Morgan fingerprint density at radius 2 is 2.07 bits per heavy atom. The number of hydrogen-bond acceptors (Lipinski definition) is 5. The van der Waals surface area contributed by atoms with E-state index >= 15 is 0 Å². The van der Waals surface area contributed by atoms with Crippen LogP contribution in [-0.2, 0) is 16.4 Å². The molecule has 0 saturated carbocycles. The van der Waals surface area contributed by atoms with Crippen molar-refractivity contribution in [3.63, 3.8) is 0 Å². The fourth-order valence-corrected chi connectivity index (χ4v) is 3.63. The maximum Gasteiger partial charge on any atom is 0.214 e. The zero-order valence-electron chi connectivity index (χ0n) is 14.0. The van der Waals surface area contributed by atoms with Gasteiger partial charge in [-0.1, -0.05) is 6.07 Å². The zero-order valence-corrected chi connectivity index (χ0v) is 14.8. The normalized spacial score (nSPS) is 13.4. The van der Waals surface area contributed by atoms with Crippen LogP contribution in [-0.4, -0.2) is 35.3 Å². The van der Waals surface area contributed by atoms with E-state index in [1.165, 1.54) is 12.1 Å². The van der Waals surface area contributed by atoms with Gasteiger partial charge in [0, 0.05) is 29.1 Å². The van der Waals surface area contributed by atoms with Gasteiger partial charge in [-0.2, -0.15) is 0 Å². The van der Waals surface area contributed by atoms with Crippen molar-refractivity contribution in [2.75, 3.05) is 6.61 Å². The number of nitrogens with two attached hydrogens (primary N) is 1. The van der Waals surface area contributed by atoms with Crippen molar-refractivity contribution in [3.8, 4) is 11.1 Å². The Morgan fingerprint density at radius 1 is 1.26 bits per heavy atom. The number of H-pyrrole nitrogens is 1. The lowest BCUT2D eigenvalue weighted by atomic mass is 10.0. The van der Waals surface area contributed by atoms with Crippen LogP contribution in [0.1, 0.15) is 5.89 Å². The molecule has 2 aromatic heterocycles. The summed E-state index contributed by atoms with van der Waals surface area (Å²) in [5.41, 5.74) is 3.44. The second-order valence-electron chi connectivity index (χ2n) is 6.28. The predicted molar refractivity (Wildman–Crippen MR) is 98.9 cm³/mol. The average Bonchev–Trinajstić information content (AvgIpc) is 3.20. The SMILES string of the molecule is NS(=O)(=O)C(CO)Cc1nc2ccc(-c3c[nH]c4cc(F)ccc34)cc2o1. The molecule has 0 fully saturated rings. The summed E-state index contributed by atoms with van der Waals surface area (Å²) in [5, 5.41) is 14.0. The Bertz CT molecular complexity index is 1250. The molecule has 27 heavy (non-hydrogen) atoms. The van der Waals surface area contributed by atoms with Crippen LogP contribution in [0, 0.1) is 5.82 Å². The van der Waals surface area contributed by atoms with Gasteiger partial charge < -0.3 is 14.5 Å². The first-order valence-corrected chi connectivity index (χ1v) is 9.75. The number of primary sulfonamides is 1. The van der Waals surface area contributed by atoms with Crippen LogP contribution >= 0.6 is 0 Å². The molecule has 0 aliphatic rings. The van der Waals surface area contributed by atoms with Gasteiger partial charge in [0.1, 0.15) is 16.6 Å². The second-order valence-corrected chi connectivity index (χ2v) is 8.12. The Morgan fingerprint density at radius 3 is 2.81 bits per heavy atom. The summed E-state index contributed by atoms with van der Waals surface area (Å²) in [6.07, 6.45) is 1.66. The van der Waals surface area contributed by atoms with Crippen molar-refractivity contribution in [1.82, 2.24) is 9.97 Å². The van der Waals surface area contributed by atoms with Gasteiger partial charge in [0.2, 0.25) is 10.0 Å². The van der Waals surface area contributed by atoms with E-state index in [1.54, 1.807) is 24.4 Å². The average molecular weight is 389 g/mol. The van der Waals surface area contributed by atoms with Crippen molar-refractivity contribution in [2.45, 2.75) is 11.7 Å². The summed E-state index contributed by atoms with van der Waals surface area (Å²) in [4.78, 5) is 7.29. The molecule has 0 spiro atoms. The number of nitrogens with one attached hydrogen (secondary N) is 1. The largest absolute Gasteiger partial charge is 0.441 e. The monoisotopic (exact) mass is 389 g/mol. The lowest BCUT2D eigenvalue weighted by Crippen LogP contribution is -2.33. The molecule has 1 atom stereocenters. The maximum absolute atomic E-state index is 13.4. The minimum atomic E-state index is -3.91. The fraction of sp³-hybridized carbons (Fsp3) is 0.167. The molecule has 0 radical (unpaired) electrons. The smallest absolute Gasteiger partial charge is 0.214 e. The minimum absolute atomic E-state index is 0.119. The van der Waals surface area contributed by atoms with Crippen molar-refractivity contribution < 1.29 is 22.3 Å². The van der Waals surface area contributed by atoms with Gasteiger partial charge >= 0.3 is 0 Å². The van der Waals surface area contributed by atoms with E-state index < -0.39 is 21.9 Å². The number of fused-ring (bicyclic) bond motifs is 2. The van der Waals surface area contributed by atoms with Crippen molar-refractivity contribution in [3.05, 3.63) is 54.3 Å². The van der Waals surface area contributed by atoms with E-state index in [9.17, 15) is 17.9 Å². The lowest BCUT2D eigenvalue weighted by Gasteiger charge is -2.08. The van der Waals surface area contributed by atoms with Crippen LogP contribution in [0.2, 0.25) is 0 Å². The van der Waals surface area contributed by atoms with Crippen LogP contribution < -0.4 is 5.14 Å². The first kappa shape index (κ1) is 17.7. The fourth-order valence-electron chi connectivity index (χ4n) is 3.04. The second kappa shape index (κ2) is 6.45. The summed E-state index contributed by atoms with van der Waals surface area (Å²) in [7, 11) is -3.91. The molecule has 4 aromatic rings. The number of hydrogen-bond donors (Lipinski definition) is 3. The quantitative estimate of drug-likeness (QED) is 0.483. The Kier molecular flexibility index (Phi) is 4.22. The number of benzene rings is 2. The van der Waals surface area contributed by atoms with Crippen LogP contribution in [0.4, 0.5) is 4.39 Å². The molecule has 2 aromatic carbocycles. The number of sulfonamides is 1. The first-order chi connectivity index (χ1) is 12.8. The molecule has 7 nitrogen and oxygen atoms in total. The molecular weight excluding hydrogens is 373 g/mol. The third-order valence-electron chi connectivity index (χ3n) is 4.46. The highest BCUT2D eigenvalue weighted by molar-refractivity contribution is 7.89. The van der Waals surface area contributed by atoms with E-state index in [1.807, 2.05) is 6.07 Å². The van der Waals surface area contributed by atoms with Gasteiger partial charge in [0.25, 0.3) is 0 Å². The maximum atomic E-state index is 13.4. The molecule has 0 saturated heterocycles. The van der Waals surface area contributed by atoms with Crippen LogP contribution in [0.5, 0.6) is 0 Å². The van der Waals surface area contributed by atoms with E-state index in [2.05, 4.69) is 9.97 Å². The molecular formula is C18H16FN3O4S. The van der Waals surface area contributed by atoms with Gasteiger partial charge in [-0.15, -0.1) is 0 Å². The van der Waals surface area contributed by atoms with Crippen LogP contribution in [0.3, 0.4) is 0 Å². The number of oxazole rings is 1. The minimum Gasteiger partial charge on any atom is -0.441 e. The van der Waals surface area contributed by atoms with Crippen LogP contribution in [0.15, 0.2) is 47.0 Å². The zero-order chi connectivity index (χ0) is 19.2. The van der Waals surface area contributed by atoms with Crippen molar-refractivity contribution in [1.29, 1.82) is 0 Å². The Hall–Kier alpha value is -2.75. The number of aliphatic hydroxyl groups is 1. The molecule has 2 heterocycles. The number of halogens is 1. The highest BCUT2D eigenvalue weighted by Crippen LogP contribution is 2.31. The Balaban J connectivity index is 1.72. The molecule has 1 unspecified atom stereocenters. The van der Waals surface area contributed by atoms with Gasteiger partial charge in [-0.25, -0.2) is 22.9 Å². The lowest BCUT2D eigenvalue weighted by molar-refractivity contribution is 0.284. The molecule has 0 aliphatic heterocycles. The third-order valence-corrected chi connectivity index (χ3v) is 5.70. The molecule has 140 valence electrons. The number of nitrogens with zero attached hydrogens (tertiary/aromatic N) is 1. The first-order valence-electron chi connectivity index (χ1n) is 8.14. The molecule has 4 N–H and O–H groups in total. The molecule has 0 amide bonds. The van der Waals surface area contributed by atoms with E-state index in [0.29, 0.717) is 16.6 Å². The van der Waals surface area contributed by atoms with Gasteiger partial charge in [0.05, 0.1) is 6.61 Å². The number of aromatic nitrogens is 2. The van der Waals surface area contributed by atoms with Crippen LogP contribution in [0.25, 0.3) is 33.1 Å². The van der Waals surface area contributed by atoms with Gasteiger partial charge in [0.15, 0.2) is 11.5 Å². The predicted octanol–water partition coefficient (Wildman–Crippen LogP) is 2.31. The topological polar surface area (TPSA) is 122 Å².